The van der Waals surface area contributed by atoms with Gasteiger partial charge in [0, 0.05) is 11.3 Å². The molecule has 0 radical (unpaired) electrons. The summed E-state index contributed by atoms with van der Waals surface area (Å²) < 4.78 is 19.0. The maximum Gasteiger partial charge on any atom is 0.300 e. The number of hydrogen-bond acceptors (Lipinski definition) is 4. The Morgan fingerprint density at radius 3 is 2.28 bits per heavy atom. The van der Waals surface area contributed by atoms with Crippen LogP contribution in [0.5, 0.6) is 5.75 Å². The predicted octanol–water partition coefficient (Wildman–Crippen LogP) is 5.16. The number of aliphatic hydroxyl groups is 1. The largest absolute Gasteiger partial charge is 0.507 e. The molecule has 1 saturated heterocycles. The molecule has 0 aromatic heterocycles. The zero-order chi connectivity index (χ0) is 22.8. The van der Waals surface area contributed by atoms with Gasteiger partial charge in [-0.05, 0) is 67.4 Å². The van der Waals surface area contributed by atoms with Crippen LogP contribution in [-0.4, -0.2) is 23.4 Å². The molecule has 0 aliphatic carbocycles. The molecule has 1 N–H and O–H groups in total. The van der Waals surface area contributed by atoms with Gasteiger partial charge in [-0.3, -0.25) is 14.5 Å². The Morgan fingerprint density at radius 1 is 1.00 bits per heavy atom. The number of rotatable bonds is 5. The molecule has 1 fully saturated rings. The molecule has 1 aliphatic rings. The fraction of sp³-hybridized carbons (Fsp3) is 0.154. The highest BCUT2D eigenvalue weighted by atomic mass is 19.1. The number of halogens is 1. The molecule has 4 rings (SSSR count). The minimum Gasteiger partial charge on any atom is -0.507 e. The zero-order valence-corrected chi connectivity index (χ0v) is 17.7. The van der Waals surface area contributed by atoms with Gasteiger partial charge in [-0.25, -0.2) is 4.39 Å². The number of carbonyl (C=O) groups is 2. The molecular weight excluding hydrogens is 409 g/mol. The van der Waals surface area contributed by atoms with Crippen LogP contribution in [0.25, 0.3) is 5.76 Å². The van der Waals surface area contributed by atoms with Crippen molar-refractivity contribution in [1.29, 1.82) is 0 Å². The average molecular weight is 431 g/mol. The second-order valence-corrected chi connectivity index (χ2v) is 7.46. The Bertz CT molecular complexity index is 1200. The molecule has 162 valence electrons. The lowest BCUT2D eigenvalue weighted by Gasteiger charge is -2.26. The van der Waals surface area contributed by atoms with Crippen LogP contribution in [0.1, 0.15) is 29.7 Å². The second-order valence-electron chi connectivity index (χ2n) is 7.46. The summed E-state index contributed by atoms with van der Waals surface area (Å²) in [5, 5.41) is 11.1. The maximum absolute atomic E-state index is 13.6. The van der Waals surface area contributed by atoms with Crippen molar-refractivity contribution in [3.05, 3.63) is 101 Å². The molecule has 3 aromatic rings. The molecule has 5 nitrogen and oxygen atoms in total. The molecule has 1 atom stereocenters. The van der Waals surface area contributed by atoms with Crippen LogP contribution in [0.2, 0.25) is 0 Å². The summed E-state index contributed by atoms with van der Waals surface area (Å²) in [7, 11) is 0. The van der Waals surface area contributed by atoms with Crippen molar-refractivity contribution >= 4 is 23.1 Å². The third kappa shape index (κ3) is 3.75. The number of aryl methyl sites for hydroxylation is 1. The highest BCUT2D eigenvalue weighted by Gasteiger charge is 2.47. The van der Waals surface area contributed by atoms with E-state index in [2.05, 4.69) is 0 Å². The van der Waals surface area contributed by atoms with Crippen molar-refractivity contribution in [1.82, 2.24) is 0 Å². The maximum atomic E-state index is 13.6. The highest BCUT2D eigenvalue weighted by molar-refractivity contribution is 6.51. The Hall–Kier alpha value is -3.93. The average Bonchev–Trinajstić information content (AvgIpc) is 3.05. The summed E-state index contributed by atoms with van der Waals surface area (Å²) in [4.78, 5) is 27.6. The molecule has 1 unspecified atom stereocenters. The van der Waals surface area contributed by atoms with E-state index in [-0.39, 0.29) is 11.3 Å². The first-order valence-electron chi connectivity index (χ1n) is 10.3. The summed E-state index contributed by atoms with van der Waals surface area (Å²) in [6.07, 6.45) is 0. The van der Waals surface area contributed by atoms with Crippen molar-refractivity contribution in [2.45, 2.75) is 19.9 Å². The standard InChI is InChI=1S/C26H22FNO4/c1-3-32-20-14-10-18(11-15-20)24(29)22-23(17-8-12-19(27)13-9-17)28(26(31)25(22)30)21-7-5-4-6-16(21)2/h4-15,23,29H,3H2,1-2H3/b24-22+. The van der Waals surface area contributed by atoms with Gasteiger partial charge in [-0.15, -0.1) is 0 Å². The fourth-order valence-electron chi connectivity index (χ4n) is 3.91. The van der Waals surface area contributed by atoms with E-state index in [4.69, 9.17) is 4.74 Å². The third-order valence-corrected chi connectivity index (χ3v) is 5.44. The van der Waals surface area contributed by atoms with E-state index in [0.29, 0.717) is 29.2 Å². The predicted molar refractivity (Wildman–Crippen MR) is 120 cm³/mol. The summed E-state index contributed by atoms with van der Waals surface area (Å²) >= 11 is 0. The van der Waals surface area contributed by atoms with E-state index in [1.807, 2.05) is 26.0 Å². The lowest BCUT2D eigenvalue weighted by molar-refractivity contribution is -0.132. The molecule has 0 bridgehead atoms. The molecule has 6 heteroatoms. The monoisotopic (exact) mass is 431 g/mol. The number of hydrogen-bond donors (Lipinski definition) is 1. The van der Waals surface area contributed by atoms with E-state index < -0.39 is 23.5 Å². The van der Waals surface area contributed by atoms with Gasteiger partial charge in [0.2, 0.25) is 0 Å². The number of ether oxygens (including phenoxy) is 1. The normalized spacial score (nSPS) is 17.6. The lowest BCUT2D eigenvalue weighted by Crippen LogP contribution is -2.30. The summed E-state index contributed by atoms with van der Waals surface area (Å²) in [6, 6.07) is 18.5. The van der Waals surface area contributed by atoms with E-state index in [1.54, 1.807) is 36.4 Å². The Balaban J connectivity index is 1.90. The van der Waals surface area contributed by atoms with Crippen LogP contribution in [0.3, 0.4) is 0 Å². The van der Waals surface area contributed by atoms with Gasteiger partial charge in [0.1, 0.15) is 17.3 Å². The van der Waals surface area contributed by atoms with E-state index in [1.165, 1.54) is 29.2 Å². The Morgan fingerprint density at radius 2 is 1.66 bits per heavy atom. The SMILES string of the molecule is CCOc1ccc(/C(O)=C2\C(=O)C(=O)N(c3ccccc3C)C2c2ccc(F)cc2)cc1. The molecule has 0 saturated carbocycles. The van der Waals surface area contributed by atoms with Crippen molar-refractivity contribution in [3.63, 3.8) is 0 Å². The van der Waals surface area contributed by atoms with Crippen LogP contribution in [-0.2, 0) is 9.59 Å². The number of anilines is 1. The molecule has 1 heterocycles. The van der Waals surface area contributed by atoms with E-state index in [9.17, 15) is 19.1 Å². The van der Waals surface area contributed by atoms with E-state index >= 15 is 0 Å². The second kappa shape index (κ2) is 8.67. The van der Waals surface area contributed by atoms with Crippen LogP contribution in [0.15, 0.2) is 78.4 Å². The number of amides is 1. The first kappa shape index (κ1) is 21.3. The van der Waals surface area contributed by atoms with Crippen molar-refractivity contribution in [3.8, 4) is 5.75 Å². The number of nitrogens with zero attached hydrogens (tertiary/aromatic N) is 1. The summed E-state index contributed by atoms with van der Waals surface area (Å²) in [5.74, 6) is -1.65. The third-order valence-electron chi connectivity index (χ3n) is 5.44. The summed E-state index contributed by atoms with van der Waals surface area (Å²) in [6.45, 7) is 4.20. The number of para-hydroxylation sites is 1. The summed E-state index contributed by atoms with van der Waals surface area (Å²) in [5.41, 5.74) is 2.19. The van der Waals surface area contributed by atoms with Gasteiger partial charge in [0.15, 0.2) is 0 Å². The first-order valence-corrected chi connectivity index (χ1v) is 10.3. The first-order chi connectivity index (χ1) is 15.4. The van der Waals surface area contributed by atoms with Crippen LogP contribution >= 0.6 is 0 Å². The van der Waals surface area contributed by atoms with Crippen LogP contribution in [0, 0.1) is 12.7 Å². The van der Waals surface area contributed by atoms with E-state index in [0.717, 1.165) is 5.56 Å². The Labute approximate surface area is 185 Å². The van der Waals surface area contributed by atoms with Crippen LogP contribution in [0.4, 0.5) is 10.1 Å². The van der Waals surface area contributed by atoms with Gasteiger partial charge < -0.3 is 9.84 Å². The molecule has 0 spiro atoms. The van der Waals surface area contributed by atoms with Crippen molar-refractivity contribution in [2.75, 3.05) is 11.5 Å². The minimum absolute atomic E-state index is 0.0472. The highest BCUT2D eigenvalue weighted by Crippen LogP contribution is 2.43. The molecule has 1 amide bonds. The van der Waals surface area contributed by atoms with Crippen molar-refractivity contribution < 1.29 is 23.8 Å². The lowest BCUT2D eigenvalue weighted by atomic mass is 9.95. The number of aliphatic hydroxyl groups excluding tert-OH is 1. The smallest absolute Gasteiger partial charge is 0.300 e. The zero-order valence-electron chi connectivity index (χ0n) is 17.7. The molecular formula is C26H22FNO4. The van der Waals surface area contributed by atoms with Gasteiger partial charge in [-0.2, -0.15) is 0 Å². The Kier molecular flexibility index (Phi) is 5.77. The topological polar surface area (TPSA) is 66.8 Å². The number of Topliss-reactive ketones (excluding diaryl/α,β-unsaturated/α-hetero) is 1. The number of benzene rings is 3. The number of carbonyl (C=O) groups excluding carboxylic acids is 2. The van der Waals surface area contributed by atoms with Gasteiger partial charge >= 0.3 is 0 Å². The van der Waals surface area contributed by atoms with Gasteiger partial charge in [0.05, 0.1) is 18.2 Å². The number of ketones is 1. The molecule has 3 aromatic carbocycles. The minimum atomic E-state index is -0.900. The van der Waals surface area contributed by atoms with Crippen molar-refractivity contribution in [2.24, 2.45) is 0 Å². The molecule has 32 heavy (non-hydrogen) atoms. The molecule has 1 aliphatic heterocycles. The fourth-order valence-corrected chi connectivity index (χ4v) is 3.91. The van der Waals surface area contributed by atoms with Gasteiger partial charge in [0.25, 0.3) is 11.7 Å². The van der Waals surface area contributed by atoms with Gasteiger partial charge in [-0.1, -0.05) is 30.3 Å². The quantitative estimate of drug-likeness (QED) is 0.344. The van der Waals surface area contributed by atoms with Crippen LogP contribution < -0.4 is 9.64 Å².